The monoisotopic (exact) mass is 562 g/mol. The normalized spacial score (nSPS) is 56.9. The highest BCUT2D eigenvalue weighted by molar-refractivity contribution is 5.92. The van der Waals surface area contributed by atoms with Gasteiger partial charge in [-0.3, -0.25) is 4.79 Å². The summed E-state index contributed by atoms with van der Waals surface area (Å²) in [4.78, 5) is 26.1. The van der Waals surface area contributed by atoms with E-state index in [0.29, 0.717) is 38.5 Å². The molecule has 40 heavy (non-hydrogen) atoms. The van der Waals surface area contributed by atoms with E-state index in [1.807, 2.05) is 6.92 Å². The van der Waals surface area contributed by atoms with Crippen LogP contribution in [0.3, 0.4) is 0 Å². The third-order valence-electron chi connectivity index (χ3n) is 12.4. The predicted octanol–water partition coefficient (Wildman–Crippen LogP) is 1.42. The molecule has 10 nitrogen and oxygen atoms in total. The summed E-state index contributed by atoms with van der Waals surface area (Å²) in [7, 11) is 1.58. The van der Waals surface area contributed by atoms with E-state index in [9.17, 15) is 24.9 Å². The number of epoxide rings is 1. The third kappa shape index (κ3) is 3.30. The van der Waals surface area contributed by atoms with Crippen LogP contribution in [0, 0.1) is 28.6 Å². The first-order chi connectivity index (χ1) is 18.9. The second kappa shape index (κ2) is 8.81. The number of methoxy groups -OCH3 is 1. The summed E-state index contributed by atoms with van der Waals surface area (Å²) in [6.45, 7) is 5.87. The molecule has 7 aliphatic rings. The largest absolute Gasteiger partial charge is 0.458 e. The lowest BCUT2D eigenvalue weighted by Crippen LogP contribution is -2.75. The molecule has 7 rings (SSSR count). The van der Waals surface area contributed by atoms with Gasteiger partial charge in [0.25, 0.3) is 0 Å². The first kappa shape index (κ1) is 27.4. The van der Waals surface area contributed by atoms with Crippen molar-refractivity contribution in [2.45, 2.75) is 120 Å². The smallest absolute Gasteiger partial charge is 0.331 e. The number of carbonyl (C=O) groups excluding carboxylic acids is 2. The van der Waals surface area contributed by atoms with Crippen LogP contribution < -0.4 is 0 Å². The molecule has 222 valence electrons. The highest BCUT2D eigenvalue weighted by Gasteiger charge is 2.88. The van der Waals surface area contributed by atoms with Gasteiger partial charge in [0.1, 0.15) is 30.0 Å². The third-order valence-corrected chi connectivity index (χ3v) is 12.4. The summed E-state index contributed by atoms with van der Waals surface area (Å²) >= 11 is 0. The second-order valence-corrected chi connectivity index (χ2v) is 13.9. The fourth-order valence-corrected chi connectivity index (χ4v) is 10.2. The molecule has 0 radical (unpaired) electrons. The number of aliphatic hydroxyl groups is 3. The first-order valence-corrected chi connectivity index (χ1v) is 14.9. The van der Waals surface area contributed by atoms with Crippen molar-refractivity contribution in [2.24, 2.45) is 28.6 Å². The summed E-state index contributed by atoms with van der Waals surface area (Å²) < 4.78 is 29.5. The zero-order valence-corrected chi connectivity index (χ0v) is 23.7. The van der Waals surface area contributed by atoms with Crippen LogP contribution in [-0.2, 0) is 33.3 Å². The predicted molar refractivity (Wildman–Crippen MR) is 138 cm³/mol. The van der Waals surface area contributed by atoms with E-state index in [2.05, 4.69) is 6.92 Å². The molecule has 3 heterocycles. The molecule has 3 aliphatic heterocycles. The van der Waals surface area contributed by atoms with Crippen LogP contribution >= 0.6 is 0 Å². The van der Waals surface area contributed by atoms with Crippen LogP contribution in [0.25, 0.3) is 0 Å². The molecule has 0 unspecified atom stereocenters. The summed E-state index contributed by atoms with van der Waals surface area (Å²) in [5, 5.41) is 34.6. The Kier molecular flexibility index (Phi) is 6.04. The van der Waals surface area contributed by atoms with Gasteiger partial charge in [0.2, 0.25) is 0 Å². The van der Waals surface area contributed by atoms with Crippen molar-refractivity contribution >= 4 is 11.8 Å². The molecule has 4 aliphatic carbocycles. The zero-order chi connectivity index (χ0) is 28.4. The van der Waals surface area contributed by atoms with Gasteiger partial charge in [-0.05, 0) is 68.3 Å². The van der Waals surface area contributed by atoms with Gasteiger partial charge in [0.05, 0.1) is 30.3 Å². The number of Topliss-reactive ketones (excluding diaryl/α,β-unsaturated/α-hetero) is 1. The van der Waals surface area contributed by atoms with Crippen molar-refractivity contribution in [2.75, 3.05) is 13.7 Å². The van der Waals surface area contributed by atoms with Gasteiger partial charge in [-0.25, -0.2) is 4.79 Å². The molecular weight excluding hydrogens is 520 g/mol. The summed E-state index contributed by atoms with van der Waals surface area (Å²) in [6.07, 6.45) is 2.05. The highest BCUT2D eigenvalue weighted by atomic mass is 16.7. The first-order valence-electron chi connectivity index (χ1n) is 14.9. The van der Waals surface area contributed by atoms with E-state index in [1.165, 1.54) is 6.08 Å². The lowest BCUT2D eigenvalue weighted by atomic mass is 9.41. The van der Waals surface area contributed by atoms with Crippen LogP contribution in [0.15, 0.2) is 11.6 Å². The Morgan fingerprint density at radius 2 is 1.85 bits per heavy atom. The SMILES string of the molecule is CO[C@H]1C[C@@H](O[C@H]2CC[C@@]3(C)[C@H](C2)C[C@H]2O[C@@]24[C@H]3C(=O)[C@@H](O)[C@]2(C)[C@H](C3=CC(=O)OC3)CC[C@@]24O)O[C@@H](C)[C@H]1O. The van der Waals surface area contributed by atoms with E-state index < -0.39 is 58.5 Å². The van der Waals surface area contributed by atoms with Crippen molar-refractivity contribution in [1.82, 2.24) is 0 Å². The van der Waals surface area contributed by atoms with Crippen LogP contribution in [0.4, 0.5) is 0 Å². The highest BCUT2D eigenvalue weighted by Crippen LogP contribution is 2.76. The van der Waals surface area contributed by atoms with Crippen molar-refractivity contribution in [1.29, 1.82) is 0 Å². The number of hydrogen-bond acceptors (Lipinski definition) is 10. The number of rotatable bonds is 4. The molecule has 4 saturated carbocycles. The molecule has 0 bridgehead atoms. The van der Waals surface area contributed by atoms with Gasteiger partial charge in [0.15, 0.2) is 12.1 Å². The van der Waals surface area contributed by atoms with Crippen LogP contribution in [0.1, 0.15) is 65.7 Å². The molecule has 0 aromatic heterocycles. The molecule has 0 aromatic rings. The quantitative estimate of drug-likeness (QED) is 0.261. The number of ether oxygens (including phenoxy) is 5. The minimum absolute atomic E-state index is 0.0751. The summed E-state index contributed by atoms with van der Waals surface area (Å²) in [5.74, 6) is -1.51. The fraction of sp³-hybridized carbons (Fsp3) is 0.867. The minimum Gasteiger partial charge on any atom is -0.458 e. The second-order valence-electron chi connectivity index (χ2n) is 13.9. The maximum Gasteiger partial charge on any atom is 0.331 e. The zero-order valence-electron chi connectivity index (χ0n) is 23.7. The van der Waals surface area contributed by atoms with Gasteiger partial charge >= 0.3 is 5.97 Å². The number of fused-ring (bicyclic) bond motifs is 3. The van der Waals surface area contributed by atoms with Gasteiger partial charge in [0, 0.05) is 25.0 Å². The van der Waals surface area contributed by atoms with E-state index >= 15 is 0 Å². The van der Waals surface area contributed by atoms with Gasteiger partial charge in [-0.15, -0.1) is 0 Å². The molecule has 1 spiro atoms. The van der Waals surface area contributed by atoms with Crippen molar-refractivity contribution < 1.29 is 48.6 Å². The Bertz CT molecular complexity index is 1140. The Hall–Kier alpha value is -1.40. The molecular formula is C30H42O10. The van der Waals surface area contributed by atoms with Crippen molar-refractivity contribution in [3.63, 3.8) is 0 Å². The molecule has 0 aromatic carbocycles. The molecule has 6 fully saturated rings. The Labute approximate surface area is 234 Å². The number of ketones is 1. The lowest BCUT2D eigenvalue weighted by Gasteiger charge is -2.62. The Balaban J connectivity index is 1.14. The number of cyclic esters (lactones) is 1. The van der Waals surface area contributed by atoms with Crippen molar-refractivity contribution in [3.05, 3.63) is 11.6 Å². The van der Waals surface area contributed by atoms with E-state index in [0.717, 1.165) is 12.0 Å². The number of esters is 1. The van der Waals surface area contributed by atoms with Gasteiger partial charge in [-0.2, -0.15) is 0 Å². The Morgan fingerprint density at radius 3 is 2.55 bits per heavy atom. The summed E-state index contributed by atoms with van der Waals surface area (Å²) in [6, 6.07) is 0. The van der Waals surface area contributed by atoms with Gasteiger partial charge in [-0.1, -0.05) is 13.8 Å². The summed E-state index contributed by atoms with van der Waals surface area (Å²) in [5.41, 5.74) is -3.32. The average molecular weight is 563 g/mol. The van der Waals surface area contributed by atoms with E-state index in [4.69, 9.17) is 23.7 Å². The van der Waals surface area contributed by atoms with Crippen LogP contribution in [0.2, 0.25) is 0 Å². The topological polar surface area (TPSA) is 144 Å². The van der Waals surface area contributed by atoms with Crippen molar-refractivity contribution in [3.8, 4) is 0 Å². The minimum atomic E-state index is -1.40. The molecule has 2 saturated heterocycles. The average Bonchev–Trinajstić information content (AvgIpc) is 3.36. The number of hydrogen-bond donors (Lipinski definition) is 3. The Morgan fingerprint density at radius 1 is 1.07 bits per heavy atom. The van der Waals surface area contributed by atoms with E-state index in [1.54, 1.807) is 14.0 Å². The van der Waals surface area contributed by atoms with Crippen LogP contribution in [-0.4, -0.2) is 94.9 Å². The standard InChI is InChI=1S/C30H42O10/c1-14-23(32)19(36-4)12-22(38-14)39-17-5-7-27(2)16(10-17)11-20-30(40-20)25(27)24(33)26(34)28(3)18(6-8-29(28,30)35)15-9-21(31)37-13-15/h9,14,16-20,22-23,25-26,32,34-35H,5-8,10-13H2,1-4H3/t14-,16+,17-,18-,19-,20+,22+,23+,25-,26+,27-,28-,29+,30+/m0/s1. The molecule has 3 N–H and O–H groups in total. The van der Waals surface area contributed by atoms with E-state index in [-0.39, 0.29) is 42.5 Å². The maximum absolute atomic E-state index is 14.3. The molecule has 0 amide bonds. The molecule has 10 heteroatoms. The van der Waals surface area contributed by atoms with Gasteiger partial charge < -0.3 is 39.0 Å². The maximum atomic E-state index is 14.3. The number of aliphatic hydroxyl groups excluding tert-OH is 2. The fourth-order valence-electron chi connectivity index (χ4n) is 10.2. The van der Waals surface area contributed by atoms with Crippen LogP contribution in [0.5, 0.6) is 0 Å². The lowest BCUT2D eigenvalue weighted by molar-refractivity contribution is -0.272. The number of carbonyl (C=O) groups is 2. The molecule has 14 atom stereocenters.